The van der Waals surface area contributed by atoms with Crippen molar-refractivity contribution in [2.75, 3.05) is 13.7 Å². The average molecular weight is 172 g/mol. The van der Waals surface area contributed by atoms with Gasteiger partial charge in [0.2, 0.25) is 12.3 Å². The van der Waals surface area contributed by atoms with Crippen LogP contribution in [-0.2, 0) is 9.59 Å². The molecule has 1 heterocycles. The first kappa shape index (κ1) is 9.11. The second kappa shape index (κ2) is 4.15. The van der Waals surface area contributed by atoms with Gasteiger partial charge in [-0.25, -0.2) is 0 Å². The maximum atomic E-state index is 11.1. The summed E-state index contributed by atoms with van der Waals surface area (Å²) in [6.45, 7) is 0.558. The lowest BCUT2D eigenvalue weighted by atomic mass is 10.2. The van der Waals surface area contributed by atoms with E-state index in [0.717, 1.165) is 0 Å². The Morgan fingerprint density at radius 2 is 2.33 bits per heavy atom. The normalized spacial score (nSPS) is 28.4. The van der Waals surface area contributed by atoms with E-state index >= 15 is 0 Å². The molecule has 2 amide bonds. The zero-order valence-corrected chi connectivity index (χ0v) is 6.76. The summed E-state index contributed by atoms with van der Waals surface area (Å²) in [7, 11) is 1.74. The number of likely N-dealkylation sites (N-methyl/N-ethyl adjacent to an activating group) is 1. The van der Waals surface area contributed by atoms with E-state index in [9.17, 15) is 9.59 Å². The lowest BCUT2D eigenvalue weighted by Gasteiger charge is -2.15. The first-order chi connectivity index (χ1) is 5.79. The molecular weight excluding hydrogens is 160 g/mol. The van der Waals surface area contributed by atoms with Gasteiger partial charge in [0.15, 0.2) is 0 Å². The van der Waals surface area contributed by atoms with Gasteiger partial charge in [0, 0.05) is 6.67 Å². The van der Waals surface area contributed by atoms with Gasteiger partial charge in [0.1, 0.15) is 6.04 Å². The minimum Gasteiger partial charge on any atom is -0.303 e. The molecule has 12 heavy (non-hydrogen) atoms. The molecule has 0 saturated carbocycles. The zero-order valence-electron chi connectivity index (χ0n) is 6.76. The Balaban J connectivity index is 2.48. The second-order valence-corrected chi connectivity index (χ2v) is 2.46. The smallest absolute Gasteiger partial charge is 0.246 e. The number of imide groups is 1. The Morgan fingerprint density at radius 3 is 2.92 bits per heavy atom. The second-order valence-electron chi connectivity index (χ2n) is 2.46. The highest BCUT2D eigenvalue weighted by atomic mass is 16.2. The molecule has 0 radical (unpaired) electrons. The first-order valence-electron chi connectivity index (χ1n) is 3.67. The van der Waals surface area contributed by atoms with Crippen LogP contribution in [0.25, 0.3) is 0 Å². The average Bonchev–Trinajstić information content (AvgIpc) is 2.51. The fourth-order valence-electron chi connectivity index (χ4n) is 1.18. The van der Waals surface area contributed by atoms with Crippen molar-refractivity contribution in [2.24, 2.45) is 0 Å². The van der Waals surface area contributed by atoms with Crippen molar-refractivity contribution >= 4 is 12.3 Å². The van der Waals surface area contributed by atoms with Crippen molar-refractivity contribution in [3.05, 3.63) is 0 Å². The Kier molecular flexibility index (Phi) is 3.15. The fourth-order valence-corrected chi connectivity index (χ4v) is 1.18. The third kappa shape index (κ3) is 1.79. The van der Waals surface area contributed by atoms with Crippen LogP contribution in [-0.4, -0.2) is 38.2 Å². The lowest BCUT2D eigenvalue weighted by molar-refractivity contribution is -0.126. The summed E-state index contributed by atoms with van der Waals surface area (Å²) in [5, 5.41) is 10.9. The molecule has 0 aliphatic carbocycles. The van der Waals surface area contributed by atoms with E-state index in [1.54, 1.807) is 7.05 Å². The molecular formula is C6H12N4O2. The number of rotatable bonds is 3. The van der Waals surface area contributed by atoms with Crippen LogP contribution in [0, 0.1) is 0 Å². The number of hydrogen-bond acceptors (Lipinski definition) is 5. The highest BCUT2D eigenvalue weighted by molar-refractivity contribution is 5.90. The molecule has 0 aromatic rings. The highest BCUT2D eigenvalue weighted by Crippen LogP contribution is 1.95. The molecule has 4 N–H and O–H groups in total. The summed E-state index contributed by atoms with van der Waals surface area (Å²) >= 11 is 0. The minimum absolute atomic E-state index is 0.120. The van der Waals surface area contributed by atoms with Crippen molar-refractivity contribution < 1.29 is 9.59 Å². The molecule has 0 bridgehead atoms. The van der Waals surface area contributed by atoms with Crippen molar-refractivity contribution in [3.8, 4) is 0 Å². The van der Waals surface area contributed by atoms with Gasteiger partial charge in [-0.2, -0.15) is 0 Å². The van der Waals surface area contributed by atoms with Gasteiger partial charge >= 0.3 is 0 Å². The first-order valence-corrected chi connectivity index (χ1v) is 3.67. The third-order valence-electron chi connectivity index (χ3n) is 1.77. The van der Waals surface area contributed by atoms with Crippen LogP contribution in [0.4, 0.5) is 0 Å². The van der Waals surface area contributed by atoms with Gasteiger partial charge in [-0.05, 0) is 7.05 Å². The predicted molar refractivity (Wildman–Crippen MR) is 42.0 cm³/mol. The van der Waals surface area contributed by atoms with Gasteiger partial charge in [-0.15, -0.1) is 0 Å². The molecule has 0 aromatic carbocycles. The summed E-state index contributed by atoms with van der Waals surface area (Å²) in [5.41, 5.74) is 0. The maximum Gasteiger partial charge on any atom is 0.246 e. The SMILES string of the molecule is CNC1NCNC1C(=O)NC=O. The molecule has 1 fully saturated rings. The summed E-state index contributed by atoms with van der Waals surface area (Å²) in [4.78, 5) is 21.1. The van der Waals surface area contributed by atoms with Gasteiger partial charge in [0.25, 0.3) is 0 Å². The molecule has 0 spiro atoms. The summed E-state index contributed by atoms with van der Waals surface area (Å²) < 4.78 is 0. The number of carbonyl (C=O) groups is 2. The Bertz CT molecular complexity index is 184. The number of amides is 2. The van der Waals surface area contributed by atoms with E-state index < -0.39 is 0 Å². The molecule has 0 aromatic heterocycles. The molecule has 6 heteroatoms. The van der Waals surface area contributed by atoms with Crippen LogP contribution in [0.3, 0.4) is 0 Å². The molecule has 1 aliphatic rings. The molecule has 1 rings (SSSR count). The van der Waals surface area contributed by atoms with Gasteiger partial charge in [-0.1, -0.05) is 0 Å². The summed E-state index contributed by atoms with van der Waals surface area (Å²) in [6.07, 6.45) is 0.264. The Labute approximate surface area is 70.1 Å². The largest absolute Gasteiger partial charge is 0.303 e. The van der Waals surface area contributed by atoms with Crippen LogP contribution in [0.15, 0.2) is 0 Å². The molecule has 1 aliphatic heterocycles. The van der Waals surface area contributed by atoms with E-state index in [1.807, 2.05) is 0 Å². The maximum absolute atomic E-state index is 11.1. The number of carbonyl (C=O) groups excluding carboxylic acids is 2. The molecule has 68 valence electrons. The van der Waals surface area contributed by atoms with Crippen LogP contribution < -0.4 is 21.3 Å². The molecule has 2 atom stereocenters. The number of hydrogen-bond donors (Lipinski definition) is 4. The Morgan fingerprint density at radius 1 is 1.58 bits per heavy atom. The van der Waals surface area contributed by atoms with Crippen molar-refractivity contribution in [1.29, 1.82) is 0 Å². The highest BCUT2D eigenvalue weighted by Gasteiger charge is 2.30. The zero-order chi connectivity index (χ0) is 8.97. The standard InChI is InChI=1S/C6H12N4O2/c1-7-5-4(8-2-9-5)6(12)10-3-11/h3-5,7-9H,2H2,1H3,(H,10,11,12). The minimum atomic E-state index is -0.389. The van der Waals surface area contributed by atoms with Crippen LogP contribution >= 0.6 is 0 Å². The van der Waals surface area contributed by atoms with Crippen LogP contribution in [0.1, 0.15) is 0 Å². The molecule has 6 nitrogen and oxygen atoms in total. The number of nitrogens with one attached hydrogen (secondary N) is 4. The quantitative estimate of drug-likeness (QED) is 0.349. The van der Waals surface area contributed by atoms with Gasteiger partial charge < -0.3 is 5.32 Å². The fraction of sp³-hybridized carbons (Fsp3) is 0.667. The van der Waals surface area contributed by atoms with E-state index in [-0.39, 0.29) is 18.1 Å². The summed E-state index contributed by atoms with van der Waals surface area (Å²) in [6, 6.07) is -0.389. The van der Waals surface area contributed by atoms with Crippen LogP contribution in [0.2, 0.25) is 0 Å². The van der Waals surface area contributed by atoms with Gasteiger partial charge in [0.05, 0.1) is 6.17 Å². The van der Waals surface area contributed by atoms with E-state index in [2.05, 4.69) is 21.3 Å². The predicted octanol–water partition coefficient (Wildman–Crippen LogP) is -2.68. The van der Waals surface area contributed by atoms with Gasteiger partial charge in [-0.3, -0.25) is 25.5 Å². The van der Waals surface area contributed by atoms with Crippen molar-refractivity contribution in [2.45, 2.75) is 12.2 Å². The Hall–Kier alpha value is -0.980. The van der Waals surface area contributed by atoms with Crippen molar-refractivity contribution in [3.63, 3.8) is 0 Å². The monoisotopic (exact) mass is 172 g/mol. The molecule has 1 saturated heterocycles. The van der Waals surface area contributed by atoms with E-state index in [4.69, 9.17) is 0 Å². The molecule has 2 unspecified atom stereocenters. The van der Waals surface area contributed by atoms with E-state index in [1.165, 1.54) is 0 Å². The lowest BCUT2D eigenvalue weighted by Crippen LogP contribution is -2.52. The van der Waals surface area contributed by atoms with E-state index in [0.29, 0.717) is 13.1 Å². The summed E-state index contributed by atoms with van der Waals surface area (Å²) in [5.74, 6) is -0.325. The third-order valence-corrected chi connectivity index (χ3v) is 1.77. The van der Waals surface area contributed by atoms with Crippen molar-refractivity contribution in [1.82, 2.24) is 21.3 Å². The van der Waals surface area contributed by atoms with Crippen LogP contribution in [0.5, 0.6) is 0 Å². The topological polar surface area (TPSA) is 82.3 Å².